The van der Waals surface area contributed by atoms with Crippen LogP contribution in [-0.4, -0.2) is 6.54 Å². The Balaban J connectivity index is 2.13. The van der Waals surface area contributed by atoms with Crippen LogP contribution in [0.25, 0.3) is 0 Å². The fourth-order valence-electron chi connectivity index (χ4n) is 2.14. The summed E-state index contributed by atoms with van der Waals surface area (Å²) < 4.78 is 5.54. The Bertz CT molecular complexity index is 462. The number of hydrogen-bond donors (Lipinski definition) is 1. The second-order valence-corrected chi connectivity index (χ2v) is 4.65. The van der Waals surface area contributed by atoms with Gasteiger partial charge in [0.25, 0.3) is 0 Å². The number of aryl methyl sites for hydroxylation is 1. The van der Waals surface area contributed by atoms with E-state index in [-0.39, 0.29) is 6.04 Å². The van der Waals surface area contributed by atoms with Crippen LogP contribution in [0.3, 0.4) is 0 Å². The highest BCUT2D eigenvalue weighted by Gasteiger charge is 2.14. The van der Waals surface area contributed by atoms with Gasteiger partial charge in [-0.15, -0.1) is 0 Å². The van der Waals surface area contributed by atoms with E-state index in [2.05, 4.69) is 43.4 Å². The summed E-state index contributed by atoms with van der Waals surface area (Å²) >= 11 is 0. The lowest BCUT2D eigenvalue weighted by molar-refractivity contribution is 0.410. The summed E-state index contributed by atoms with van der Waals surface area (Å²) in [5.41, 5.74) is 2.72. The van der Waals surface area contributed by atoms with Gasteiger partial charge in [0.2, 0.25) is 0 Å². The van der Waals surface area contributed by atoms with Gasteiger partial charge in [0, 0.05) is 0 Å². The smallest absolute Gasteiger partial charge is 0.121 e. The molecule has 1 heterocycles. The van der Waals surface area contributed by atoms with E-state index in [0.717, 1.165) is 25.1 Å². The lowest BCUT2D eigenvalue weighted by Crippen LogP contribution is -2.23. The molecule has 0 saturated heterocycles. The monoisotopic (exact) mass is 243 g/mol. The van der Waals surface area contributed by atoms with Crippen LogP contribution in [0, 0.1) is 6.92 Å². The van der Waals surface area contributed by atoms with Crippen LogP contribution in [0.15, 0.2) is 47.1 Å². The van der Waals surface area contributed by atoms with Gasteiger partial charge in [-0.3, -0.25) is 0 Å². The minimum absolute atomic E-state index is 0.265. The highest BCUT2D eigenvalue weighted by molar-refractivity contribution is 5.27. The number of nitrogens with one attached hydrogen (secondary N) is 1. The number of benzene rings is 1. The van der Waals surface area contributed by atoms with Crippen molar-refractivity contribution in [3.63, 3.8) is 0 Å². The molecule has 0 aliphatic rings. The average molecular weight is 243 g/mol. The van der Waals surface area contributed by atoms with E-state index < -0.39 is 0 Å². The van der Waals surface area contributed by atoms with E-state index in [1.165, 1.54) is 11.1 Å². The quantitative estimate of drug-likeness (QED) is 0.833. The summed E-state index contributed by atoms with van der Waals surface area (Å²) in [6.07, 6.45) is 3.85. The Hall–Kier alpha value is -1.54. The van der Waals surface area contributed by atoms with E-state index in [1.807, 2.05) is 12.1 Å². The second-order valence-electron chi connectivity index (χ2n) is 4.65. The van der Waals surface area contributed by atoms with E-state index in [4.69, 9.17) is 4.42 Å². The zero-order chi connectivity index (χ0) is 12.8. The Labute approximate surface area is 109 Å². The molecule has 2 rings (SSSR count). The van der Waals surface area contributed by atoms with Crippen LogP contribution in [0.4, 0.5) is 0 Å². The lowest BCUT2D eigenvalue weighted by atomic mass is 9.99. The van der Waals surface area contributed by atoms with Gasteiger partial charge >= 0.3 is 0 Å². The van der Waals surface area contributed by atoms with Crippen molar-refractivity contribution < 1.29 is 4.42 Å². The number of rotatable bonds is 6. The molecule has 0 aliphatic carbocycles. The topological polar surface area (TPSA) is 25.2 Å². The van der Waals surface area contributed by atoms with Crippen molar-refractivity contribution in [1.82, 2.24) is 5.32 Å². The molecule has 18 heavy (non-hydrogen) atoms. The first-order valence-corrected chi connectivity index (χ1v) is 6.62. The third-order valence-electron chi connectivity index (χ3n) is 3.21. The molecule has 0 amide bonds. The van der Waals surface area contributed by atoms with Crippen LogP contribution >= 0.6 is 0 Å². The Morgan fingerprint density at radius 2 is 2.00 bits per heavy atom. The van der Waals surface area contributed by atoms with Gasteiger partial charge in [0.1, 0.15) is 5.76 Å². The maximum Gasteiger partial charge on any atom is 0.121 e. The Morgan fingerprint density at radius 1 is 1.17 bits per heavy atom. The number of furan rings is 1. The molecule has 0 radical (unpaired) electrons. The summed E-state index contributed by atoms with van der Waals surface area (Å²) in [6.45, 7) is 5.35. The van der Waals surface area contributed by atoms with E-state index in [0.29, 0.717) is 0 Å². The first-order valence-electron chi connectivity index (χ1n) is 6.62. The fraction of sp³-hybridized carbons (Fsp3) is 0.375. The summed E-state index contributed by atoms with van der Waals surface area (Å²) in [5, 5.41) is 3.55. The van der Waals surface area contributed by atoms with Gasteiger partial charge in [0.15, 0.2) is 0 Å². The third-order valence-corrected chi connectivity index (χ3v) is 3.21. The molecule has 0 fully saturated rings. The molecule has 0 aliphatic heterocycles. The zero-order valence-electron chi connectivity index (χ0n) is 11.1. The normalized spacial score (nSPS) is 12.6. The van der Waals surface area contributed by atoms with Crippen molar-refractivity contribution in [3.05, 3.63) is 59.5 Å². The summed E-state index contributed by atoms with van der Waals surface area (Å²) in [5.74, 6) is 1.02. The number of hydrogen-bond acceptors (Lipinski definition) is 2. The van der Waals surface area contributed by atoms with Crippen molar-refractivity contribution in [2.75, 3.05) is 6.54 Å². The first kappa shape index (κ1) is 12.9. The first-order chi connectivity index (χ1) is 8.81. The molecular weight excluding hydrogens is 222 g/mol. The molecular formula is C16H21NO. The maximum absolute atomic E-state index is 5.54. The zero-order valence-corrected chi connectivity index (χ0v) is 11.1. The van der Waals surface area contributed by atoms with Crippen LogP contribution in [0.5, 0.6) is 0 Å². The molecule has 96 valence electrons. The van der Waals surface area contributed by atoms with Crippen molar-refractivity contribution in [2.45, 2.75) is 32.7 Å². The molecule has 1 unspecified atom stereocenters. The van der Waals surface area contributed by atoms with Crippen LogP contribution in [0.2, 0.25) is 0 Å². The maximum atomic E-state index is 5.54. The van der Waals surface area contributed by atoms with E-state index in [9.17, 15) is 0 Å². The largest absolute Gasteiger partial charge is 0.468 e. The third kappa shape index (κ3) is 3.23. The SMILES string of the molecule is CCCNC(Cc1ccccc1C)c1ccco1. The van der Waals surface area contributed by atoms with Gasteiger partial charge in [-0.05, 0) is 49.6 Å². The Morgan fingerprint density at radius 3 is 2.67 bits per heavy atom. The predicted molar refractivity (Wildman–Crippen MR) is 74.6 cm³/mol. The van der Waals surface area contributed by atoms with Gasteiger partial charge in [-0.2, -0.15) is 0 Å². The molecule has 2 aromatic rings. The summed E-state index contributed by atoms with van der Waals surface area (Å²) in [6, 6.07) is 12.8. The van der Waals surface area contributed by atoms with Crippen molar-refractivity contribution in [1.29, 1.82) is 0 Å². The van der Waals surface area contributed by atoms with E-state index in [1.54, 1.807) is 6.26 Å². The van der Waals surface area contributed by atoms with Gasteiger partial charge in [-0.25, -0.2) is 0 Å². The molecule has 0 bridgehead atoms. The van der Waals surface area contributed by atoms with Crippen molar-refractivity contribution >= 4 is 0 Å². The highest BCUT2D eigenvalue weighted by atomic mass is 16.3. The van der Waals surface area contributed by atoms with E-state index >= 15 is 0 Å². The van der Waals surface area contributed by atoms with Crippen LogP contribution in [-0.2, 0) is 6.42 Å². The highest BCUT2D eigenvalue weighted by Crippen LogP contribution is 2.20. The summed E-state index contributed by atoms with van der Waals surface area (Å²) in [7, 11) is 0. The molecule has 1 aromatic heterocycles. The molecule has 1 aromatic carbocycles. The Kier molecular flexibility index (Phi) is 4.59. The molecule has 0 spiro atoms. The molecule has 1 atom stereocenters. The van der Waals surface area contributed by atoms with Crippen molar-refractivity contribution in [2.24, 2.45) is 0 Å². The van der Waals surface area contributed by atoms with Gasteiger partial charge in [0.05, 0.1) is 12.3 Å². The van der Waals surface area contributed by atoms with Gasteiger partial charge in [-0.1, -0.05) is 31.2 Å². The lowest BCUT2D eigenvalue weighted by Gasteiger charge is -2.17. The van der Waals surface area contributed by atoms with Gasteiger partial charge < -0.3 is 9.73 Å². The molecule has 0 saturated carbocycles. The van der Waals surface area contributed by atoms with Crippen LogP contribution < -0.4 is 5.32 Å². The second kappa shape index (κ2) is 6.41. The molecule has 2 nitrogen and oxygen atoms in total. The molecule has 1 N–H and O–H groups in total. The minimum Gasteiger partial charge on any atom is -0.468 e. The minimum atomic E-state index is 0.265. The molecule has 2 heteroatoms. The summed E-state index contributed by atoms with van der Waals surface area (Å²) in [4.78, 5) is 0. The fourth-order valence-corrected chi connectivity index (χ4v) is 2.14. The standard InChI is InChI=1S/C16H21NO/c1-3-10-17-15(16-9-6-11-18-16)12-14-8-5-4-7-13(14)2/h4-9,11,15,17H,3,10,12H2,1-2H3. The average Bonchev–Trinajstić information content (AvgIpc) is 2.90. The van der Waals surface area contributed by atoms with Crippen molar-refractivity contribution in [3.8, 4) is 0 Å². The van der Waals surface area contributed by atoms with Crippen LogP contribution in [0.1, 0.15) is 36.3 Å². The predicted octanol–water partition coefficient (Wildman–Crippen LogP) is 3.87.